The molecule has 5 rings (SSSR count). The zero-order chi connectivity index (χ0) is 23.8. The van der Waals surface area contributed by atoms with Crippen molar-refractivity contribution in [1.29, 1.82) is 0 Å². The molecule has 0 unspecified atom stereocenters. The van der Waals surface area contributed by atoms with Crippen LogP contribution in [0.25, 0.3) is 26.9 Å². The number of aromatic nitrogens is 4. The molecule has 0 spiro atoms. The Kier molecular flexibility index (Phi) is 5.86. The van der Waals surface area contributed by atoms with Crippen molar-refractivity contribution < 1.29 is 9.21 Å². The smallest absolute Gasteiger partial charge is 0.293 e. The van der Waals surface area contributed by atoms with E-state index in [2.05, 4.69) is 25.9 Å². The molecule has 170 valence electrons. The van der Waals surface area contributed by atoms with Crippen LogP contribution in [0.2, 0.25) is 5.02 Å². The van der Waals surface area contributed by atoms with E-state index in [9.17, 15) is 4.79 Å². The summed E-state index contributed by atoms with van der Waals surface area (Å²) in [4.78, 5) is 13.3. The molecule has 3 heterocycles. The van der Waals surface area contributed by atoms with E-state index in [0.29, 0.717) is 10.8 Å². The molecule has 0 saturated heterocycles. The van der Waals surface area contributed by atoms with Crippen molar-refractivity contribution in [2.24, 2.45) is 0 Å². The van der Waals surface area contributed by atoms with Gasteiger partial charge in [-0.1, -0.05) is 35.1 Å². The van der Waals surface area contributed by atoms with Gasteiger partial charge in [-0.3, -0.25) is 10.1 Å². The monoisotopic (exact) mass is 508 g/mol. The number of hydrogen-bond donors (Lipinski definition) is 2. The van der Waals surface area contributed by atoms with Crippen molar-refractivity contribution in [3.63, 3.8) is 0 Å². The number of anilines is 1. The zero-order valence-electron chi connectivity index (χ0n) is 18.0. The average molecular weight is 509 g/mol. The number of hydrogen-bond acceptors (Lipinski definition) is 7. The first-order valence-corrected chi connectivity index (χ1v) is 11.8. The fraction of sp³-hybridized carbons (Fsp3) is 0.0870. The molecule has 8 nitrogen and oxygen atoms in total. The van der Waals surface area contributed by atoms with Crippen LogP contribution in [-0.4, -0.2) is 30.8 Å². The van der Waals surface area contributed by atoms with E-state index in [1.807, 2.05) is 44.2 Å². The second kappa shape index (κ2) is 8.98. The fourth-order valence-corrected chi connectivity index (χ4v) is 4.62. The molecule has 34 heavy (non-hydrogen) atoms. The predicted molar refractivity (Wildman–Crippen MR) is 136 cm³/mol. The first-order chi connectivity index (χ1) is 16.4. The van der Waals surface area contributed by atoms with Crippen LogP contribution in [0.4, 0.5) is 5.69 Å². The van der Waals surface area contributed by atoms with Gasteiger partial charge in [-0.05, 0) is 74.1 Å². The zero-order valence-corrected chi connectivity index (χ0v) is 20.4. The Hall–Kier alpha value is -3.60. The summed E-state index contributed by atoms with van der Waals surface area (Å²) in [7, 11) is 0. The highest BCUT2D eigenvalue weighted by atomic mass is 35.5. The molecule has 0 saturated carbocycles. The van der Waals surface area contributed by atoms with Gasteiger partial charge in [0.1, 0.15) is 10.8 Å². The van der Waals surface area contributed by atoms with Gasteiger partial charge in [-0.25, -0.2) is 0 Å². The Bertz CT molecular complexity index is 1550. The Morgan fingerprint density at radius 1 is 1.09 bits per heavy atom. The molecule has 11 heteroatoms. The number of furan rings is 1. The van der Waals surface area contributed by atoms with Crippen LogP contribution in [-0.2, 0) is 0 Å². The molecule has 0 radical (unpaired) electrons. The molecule has 5 aromatic rings. The van der Waals surface area contributed by atoms with Crippen molar-refractivity contribution in [3.8, 4) is 21.9 Å². The van der Waals surface area contributed by atoms with Crippen molar-refractivity contribution in [1.82, 2.24) is 25.1 Å². The second-order valence-corrected chi connectivity index (χ2v) is 9.26. The molecule has 0 fully saturated rings. The quantitative estimate of drug-likeness (QED) is 0.309. The number of carbonyl (C=O) groups is 1. The second-order valence-electron chi connectivity index (χ2n) is 7.46. The maximum atomic E-state index is 12.6. The number of carbonyl (C=O) groups excluding carboxylic acids is 1. The van der Waals surface area contributed by atoms with Crippen LogP contribution >= 0.6 is 35.2 Å². The van der Waals surface area contributed by atoms with E-state index >= 15 is 0 Å². The number of amides is 1. The Morgan fingerprint density at radius 2 is 1.94 bits per heavy atom. The van der Waals surface area contributed by atoms with E-state index in [0.717, 1.165) is 38.2 Å². The van der Waals surface area contributed by atoms with Gasteiger partial charge in [0.2, 0.25) is 4.96 Å². The Balaban J connectivity index is 1.26. The number of nitrogens with one attached hydrogen (secondary N) is 2. The number of nitrogens with zero attached hydrogens (tertiary/aromatic N) is 4. The van der Waals surface area contributed by atoms with E-state index in [-0.39, 0.29) is 10.9 Å². The summed E-state index contributed by atoms with van der Waals surface area (Å²) in [5.41, 5.74) is 3.45. The fourth-order valence-electron chi connectivity index (χ4n) is 3.34. The van der Waals surface area contributed by atoms with Crippen LogP contribution in [0, 0.1) is 13.8 Å². The average Bonchev–Trinajstić information content (AvgIpc) is 3.53. The highest BCUT2D eigenvalue weighted by molar-refractivity contribution is 7.80. The number of halogens is 1. The van der Waals surface area contributed by atoms with Crippen LogP contribution in [0.5, 0.6) is 0 Å². The third kappa shape index (κ3) is 4.43. The lowest BCUT2D eigenvalue weighted by Gasteiger charge is -2.12. The van der Waals surface area contributed by atoms with Crippen LogP contribution in [0.15, 0.2) is 59.0 Å². The lowest BCUT2D eigenvalue weighted by atomic mass is 10.1. The normalized spacial score (nSPS) is 11.0. The SMILES string of the molecule is Cc1cc(-c2nn3c(C)nnc3s2)ccc1NC(=S)NC(=O)c1ccc(-c2cccc(Cl)c2)o1. The standard InChI is InChI=1S/C23H17ClN6O2S2/c1-12-10-15(21-29-30-13(2)27-28-23(30)34-21)6-7-17(12)25-22(33)26-20(31)19-9-8-18(32-19)14-4-3-5-16(24)11-14/h3-11H,1-2H3,(H2,25,26,31,33). The highest BCUT2D eigenvalue weighted by Gasteiger charge is 2.15. The van der Waals surface area contributed by atoms with Gasteiger partial charge in [0.25, 0.3) is 5.91 Å². The first-order valence-electron chi connectivity index (χ1n) is 10.2. The number of fused-ring (bicyclic) bond motifs is 1. The van der Waals surface area contributed by atoms with Crippen molar-refractivity contribution >= 4 is 56.8 Å². The van der Waals surface area contributed by atoms with E-state index in [4.69, 9.17) is 28.2 Å². The van der Waals surface area contributed by atoms with Gasteiger partial charge < -0.3 is 9.73 Å². The van der Waals surface area contributed by atoms with Crippen LogP contribution < -0.4 is 10.6 Å². The number of aryl methyl sites for hydroxylation is 2. The van der Waals surface area contributed by atoms with E-state index in [1.165, 1.54) is 11.3 Å². The maximum absolute atomic E-state index is 12.6. The Morgan fingerprint density at radius 3 is 2.71 bits per heavy atom. The molecular weight excluding hydrogens is 492 g/mol. The maximum Gasteiger partial charge on any atom is 0.293 e. The minimum Gasteiger partial charge on any atom is -0.451 e. The van der Waals surface area contributed by atoms with Crippen molar-refractivity contribution in [2.75, 3.05) is 5.32 Å². The topological polar surface area (TPSA) is 97.4 Å². The summed E-state index contributed by atoms with van der Waals surface area (Å²) < 4.78 is 7.40. The lowest BCUT2D eigenvalue weighted by Crippen LogP contribution is -2.34. The molecule has 0 atom stereocenters. The van der Waals surface area contributed by atoms with Gasteiger partial charge in [-0.2, -0.15) is 9.61 Å². The number of rotatable bonds is 4. The van der Waals surface area contributed by atoms with Crippen molar-refractivity contribution in [2.45, 2.75) is 13.8 Å². The molecule has 1 amide bonds. The van der Waals surface area contributed by atoms with Gasteiger partial charge >= 0.3 is 0 Å². The molecule has 0 aliphatic carbocycles. The summed E-state index contributed by atoms with van der Waals surface area (Å²) in [6.07, 6.45) is 0. The summed E-state index contributed by atoms with van der Waals surface area (Å²) in [6.45, 7) is 3.81. The summed E-state index contributed by atoms with van der Waals surface area (Å²) in [6, 6.07) is 16.3. The van der Waals surface area contributed by atoms with Gasteiger partial charge in [0.15, 0.2) is 16.7 Å². The molecule has 0 aliphatic heterocycles. The first kappa shape index (κ1) is 22.2. The molecular formula is C23H17ClN6O2S2. The van der Waals surface area contributed by atoms with E-state index < -0.39 is 5.91 Å². The van der Waals surface area contributed by atoms with Gasteiger partial charge in [-0.15, -0.1) is 10.2 Å². The van der Waals surface area contributed by atoms with E-state index in [1.54, 1.807) is 28.8 Å². The summed E-state index contributed by atoms with van der Waals surface area (Å²) >= 11 is 12.8. The van der Waals surface area contributed by atoms with Gasteiger partial charge in [0, 0.05) is 21.8 Å². The molecule has 3 aromatic heterocycles. The Labute approximate surface area is 208 Å². The number of benzene rings is 2. The molecule has 0 bridgehead atoms. The van der Waals surface area contributed by atoms with Gasteiger partial charge in [0.05, 0.1) is 0 Å². The largest absolute Gasteiger partial charge is 0.451 e. The van der Waals surface area contributed by atoms with Crippen LogP contribution in [0.1, 0.15) is 21.9 Å². The molecule has 2 N–H and O–H groups in total. The highest BCUT2D eigenvalue weighted by Crippen LogP contribution is 2.29. The van der Waals surface area contributed by atoms with Crippen LogP contribution in [0.3, 0.4) is 0 Å². The summed E-state index contributed by atoms with van der Waals surface area (Å²) in [5.74, 6) is 0.975. The summed E-state index contributed by atoms with van der Waals surface area (Å²) in [5, 5.41) is 20.0. The minimum absolute atomic E-state index is 0.143. The lowest BCUT2D eigenvalue weighted by molar-refractivity contribution is 0.0951. The van der Waals surface area contributed by atoms with Crippen molar-refractivity contribution in [3.05, 3.63) is 76.8 Å². The number of thiocarbonyl (C=S) groups is 1. The minimum atomic E-state index is -0.449. The predicted octanol–water partition coefficient (Wildman–Crippen LogP) is 5.51. The third-order valence-electron chi connectivity index (χ3n) is 5.03. The molecule has 0 aliphatic rings. The third-order valence-corrected chi connectivity index (χ3v) is 6.42. The molecule has 2 aromatic carbocycles.